The van der Waals surface area contributed by atoms with E-state index in [2.05, 4.69) is 21.2 Å². The highest BCUT2D eigenvalue weighted by molar-refractivity contribution is 9.10. The third-order valence-corrected chi connectivity index (χ3v) is 4.64. The fourth-order valence-corrected chi connectivity index (χ4v) is 3.26. The maximum atomic E-state index is 13.0. The zero-order valence-electron chi connectivity index (χ0n) is 15.0. The van der Waals surface area contributed by atoms with Crippen LogP contribution >= 0.6 is 27.5 Å². The van der Waals surface area contributed by atoms with Gasteiger partial charge in [0, 0.05) is 10.0 Å². The number of nitrogens with zero attached hydrogens (tertiary/aromatic N) is 1. The van der Waals surface area contributed by atoms with Crippen LogP contribution in [0.25, 0.3) is 6.08 Å². The standard InChI is InChI=1S/C20H16BrClN2O4/c1-11(2)28-17-8-7-13(21)9-12(17)10-14-18(25)23-20(27)24(19(14)26)16-6-4-3-5-15(16)22/h3-11H,1-2H3,(H,23,25,27)/b14-10+. The minimum atomic E-state index is -0.854. The van der Waals surface area contributed by atoms with Crippen LogP contribution in [0.3, 0.4) is 0 Å². The lowest BCUT2D eigenvalue weighted by Crippen LogP contribution is -2.54. The van der Waals surface area contributed by atoms with Crippen LogP contribution in [0.1, 0.15) is 19.4 Å². The van der Waals surface area contributed by atoms with Crippen molar-refractivity contribution in [2.24, 2.45) is 0 Å². The Labute approximate surface area is 175 Å². The summed E-state index contributed by atoms with van der Waals surface area (Å²) in [4.78, 5) is 38.5. The summed E-state index contributed by atoms with van der Waals surface area (Å²) in [6.45, 7) is 3.74. The van der Waals surface area contributed by atoms with Crippen LogP contribution in [-0.2, 0) is 9.59 Å². The lowest BCUT2D eigenvalue weighted by atomic mass is 10.1. The molecule has 0 bridgehead atoms. The quantitative estimate of drug-likeness (QED) is 0.533. The summed E-state index contributed by atoms with van der Waals surface area (Å²) in [5.74, 6) is -1.04. The van der Waals surface area contributed by atoms with Gasteiger partial charge in [-0.3, -0.25) is 14.9 Å². The summed E-state index contributed by atoms with van der Waals surface area (Å²) in [6.07, 6.45) is 1.30. The van der Waals surface area contributed by atoms with E-state index in [0.29, 0.717) is 11.3 Å². The lowest BCUT2D eigenvalue weighted by Gasteiger charge is -2.27. The van der Waals surface area contributed by atoms with E-state index in [9.17, 15) is 14.4 Å². The summed E-state index contributed by atoms with van der Waals surface area (Å²) in [5, 5.41) is 2.39. The van der Waals surface area contributed by atoms with Gasteiger partial charge in [0.05, 0.1) is 16.8 Å². The normalized spacial score (nSPS) is 16.0. The van der Waals surface area contributed by atoms with Crippen LogP contribution in [0.4, 0.5) is 10.5 Å². The molecule has 1 aliphatic heterocycles. The zero-order valence-corrected chi connectivity index (χ0v) is 17.4. The van der Waals surface area contributed by atoms with E-state index in [-0.39, 0.29) is 22.4 Å². The smallest absolute Gasteiger partial charge is 0.335 e. The number of carbonyl (C=O) groups is 3. The molecule has 1 saturated heterocycles. The van der Waals surface area contributed by atoms with Crippen LogP contribution in [-0.4, -0.2) is 23.9 Å². The third-order valence-electron chi connectivity index (χ3n) is 3.83. The summed E-state index contributed by atoms with van der Waals surface area (Å²) < 4.78 is 6.50. The molecule has 0 radical (unpaired) electrons. The number of amides is 4. The van der Waals surface area contributed by atoms with Crippen LogP contribution in [0, 0.1) is 0 Å². The molecule has 1 heterocycles. The number of imide groups is 2. The highest BCUT2D eigenvalue weighted by Gasteiger charge is 2.37. The second-order valence-corrected chi connectivity index (χ2v) is 7.58. The number of anilines is 1. The van der Waals surface area contributed by atoms with E-state index >= 15 is 0 Å². The van der Waals surface area contributed by atoms with E-state index in [4.69, 9.17) is 16.3 Å². The van der Waals surface area contributed by atoms with Crippen molar-refractivity contribution in [2.45, 2.75) is 20.0 Å². The first-order valence-electron chi connectivity index (χ1n) is 8.40. The largest absolute Gasteiger partial charge is 0.490 e. The molecule has 6 nitrogen and oxygen atoms in total. The Hall–Kier alpha value is -2.64. The molecule has 8 heteroatoms. The van der Waals surface area contributed by atoms with E-state index in [0.717, 1.165) is 9.37 Å². The number of barbiturate groups is 1. The minimum absolute atomic E-state index is 0.101. The SMILES string of the molecule is CC(C)Oc1ccc(Br)cc1/C=C1\C(=O)NC(=O)N(c2ccccc2Cl)C1=O. The molecular formula is C20H16BrClN2O4. The fourth-order valence-electron chi connectivity index (χ4n) is 2.66. The van der Waals surface area contributed by atoms with Gasteiger partial charge in [-0.1, -0.05) is 39.7 Å². The monoisotopic (exact) mass is 462 g/mol. The Bertz CT molecular complexity index is 1000. The van der Waals surface area contributed by atoms with Gasteiger partial charge < -0.3 is 4.74 Å². The maximum absolute atomic E-state index is 13.0. The molecule has 1 N–H and O–H groups in total. The summed E-state index contributed by atoms with van der Waals surface area (Å²) in [6, 6.07) is 10.8. The van der Waals surface area contributed by atoms with Gasteiger partial charge in [0.25, 0.3) is 11.8 Å². The van der Waals surface area contributed by atoms with Gasteiger partial charge in [0.1, 0.15) is 11.3 Å². The van der Waals surface area contributed by atoms with Crippen molar-refractivity contribution in [3.05, 3.63) is 63.1 Å². The summed E-state index contributed by atoms with van der Waals surface area (Å²) >= 11 is 9.50. The molecule has 3 rings (SSSR count). The lowest BCUT2D eigenvalue weighted by molar-refractivity contribution is -0.122. The molecule has 1 fully saturated rings. The molecule has 1 aliphatic rings. The van der Waals surface area contributed by atoms with Crippen molar-refractivity contribution in [1.29, 1.82) is 0 Å². The number of urea groups is 1. The number of halogens is 2. The number of hydrogen-bond donors (Lipinski definition) is 1. The fraction of sp³-hybridized carbons (Fsp3) is 0.150. The Balaban J connectivity index is 2.08. The zero-order chi connectivity index (χ0) is 20.4. The Morgan fingerprint density at radius 3 is 2.54 bits per heavy atom. The molecule has 2 aromatic carbocycles. The number of hydrogen-bond acceptors (Lipinski definition) is 4. The van der Waals surface area contributed by atoms with Gasteiger partial charge in [-0.2, -0.15) is 0 Å². The maximum Gasteiger partial charge on any atom is 0.335 e. The second-order valence-electron chi connectivity index (χ2n) is 6.26. The van der Waals surface area contributed by atoms with Crippen molar-refractivity contribution in [3.63, 3.8) is 0 Å². The predicted octanol–water partition coefficient (Wildman–Crippen LogP) is 4.56. The van der Waals surface area contributed by atoms with Crippen LogP contribution in [0.2, 0.25) is 5.02 Å². The number of nitrogens with one attached hydrogen (secondary N) is 1. The first-order valence-corrected chi connectivity index (χ1v) is 9.57. The molecule has 0 unspecified atom stereocenters. The second kappa shape index (κ2) is 8.16. The van der Waals surface area contributed by atoms with E-state index in [1.807, 2.05) is 13.8 Å². The van der Waals surface area contributed by atoms with Gasteiger partial charge in [-0.05, 0) is 50.3 Å². The number of para-hydroxylation sites is 1. The van der Waals surface area contributed by atoms with Gasteiger partial charge >= 0.3 is 6.03 Å². The van der Waals surface area contributed by atoms with Crippen molar-refractivity contribution < 1.29 is 19.1 Å². The van der Waals surface area contributed by atoms with E-state index in [1.54, 1.807) is 36.4 Å². The Kier molecular flexibility index (Phi) is 5.86. The van der Waals surface area contributed by atoms with Gasteiger partial charge in [0.15, 0.2) is 0 Å². The number of carbonyl (C=O) groups excluding carboxylic acids is 3. The van der Waals surface area contributed by atoms with Gasteiger partial charge in [-0.15, -0.1) is 0 Å². The number of rotatable bonds is 4. The van der Waals surface area contributed by atoms with Gasteiger partial charge in [0.2, 0.25) is 0 Å². The van der Waals surface area contributed by atoms with Crippen LogP contribution in [0.15, 0.2) is 52.5 Å². The average Bonchev–Trinajstić information content (AvgIpc) is 2.62. The molecule has 0 aromatic heterocycles. The molecule has 2 aromatic rings. The molecule has 0 saturated carbocycles. The topological polar surface area (TPSA) is 75.7 Å². The molecule has 0 spiro atoms. The highest BCUT2D eigenvalue weighted by atomic mass is 79.9. The van der Waals surface area contributed by atoms with Crippen molar-refractivity contribution in [1.82, 2.24) is 5.32 Å². The molecule has 144 valence electrons. The first kappa shape index (κ1) is 20.1. The average molecular weight is 464 g/mol. The molecule has 28 heavy (non-hydrogen) atoms. The van der Waals surface area contributed by atoms with Crippen molar-refractivity contribution in [3.8, 4) is 5.75 Å². The van der Waals surface area contributed by atoms with Crippen molar-refractivity contribution >= 4 is 57.1 Å². The highest BCUT2D eigenvalue weighted by Crippen LogP contribution is 2.31. The molecule has 4 amide bonds. The summed E-state index contributed by atoms with van der Waals surface area (Å²) in [5.41, 5.74) is 0.513. The molecule has 0 aliphatic carbocycles. The van der Waals surface area contributed by atoms with E-state index < -0.39 is 17.8 Å². The van der Waals surface area contributed by atoms with Gasteiger partial charge in [-0.25, -0.2) is 9.69 Å². The number of ether oxygens (including phenoxy) is 1. The Morgan fingerprint density at radius 1 is 1.14 bits per heavy atom. The minimum Gasteiger partial charge on any atom is -0.490 e. The van der Waals surface area contributed by atoms with Crippen LogP contribution < -0.4 is 15.0 Å². The third kappa shape index (κ3) is 4.10. The summed E-state index contributed by atoms with van der Waals surface area (Å²) in [7, 11) is 0. The van der Waals surface area contributed by atoms with E-state index in [1.165, 1.54) is 12.1 Å². The predicted molar refractivity (Wildman–Crippen MR) is 110 cm³/mol. The molecule has 0 atom stereocenters. The van der Waals surface area contributed by atoms with Crippen LogP contribution in [0.5, 0.6) is 5.75 Å². The number of benzene rings is 2. The molecular weight excluding hydrogens is 448 g/mol. The first-order chi connectivity index (χ1) is 13.3. The Morgan fingerprint density at radius 2 is 1.86 bits per heavy atom. The van der Waals surface area contributed by atoms with Crippen molar-refractivity contribution in [2.75, 3.05) is 4.90 Å².